The first-order valence-electron chi connectivity index (χ1n) is 5.02. The summed E-state index contributed by atoms with van der Waals surface area (Å²) in [5, 5.41) is 8.99. The summed E-state index contributed by atoms with van der Waals surface area (Å²) in [6.45, 7) is 6.11. The van der Waals surface area contributed by atoms with E-state index in [1.807, 2.05) is 0 Å². The molecule has 1 aliphatic heterocycles. The molecule has 14 heavy (non-hydrogen) atoms. The van der Waals surface area contributed by atoms with Gasteiger partial charge in [0.1, 0.15) is 0 Å². The summed E-state index contributed by atoms with van der Waals surface area (Å²) in [6, 6.07) is 0. The molecule has 2 unspecified atom stereocenters. The first-order valence-corrected chi connectivity index (χ1v) is 6.53. The van der Waals surface area contributed by atoms with E-state index in [0.717, 1.165) is 6.42 Å². The number of hydrogen-bond donors (Lipinski definition) is 1. The number of aliphatic hydroxyl groups excluding tert-OH is 1. The maximum absolute atomic E-state index is 11.7. The minimum Gasteiger partial charge on any atom is -0.393 e. The molecule has 0 amide bonds. The Morgan fingerprint density at radius 1 is 1.36 bits per heavy atom. The fourth-order valence-corrected chi connectivity index (χ4v) is 3.03. The van der Waals surface area contributed by atoms with Crippen LogP contribution in [0.1, 0.15) is 27.2 Å². The van der Waals surface area contributed by atoms with Gasteiger partial charge in [-0.3, -0.25) is 0 Å². The second-order valence-electron chi connectivity index (χ2n) is 4.24. The Labute approximate surface area is 86.0 Å². The first-order chi connectivity index (χ1) is 6.35. The maximum Gasteiger partial charge on any atom is 0.216 e. The second-order valence-corrected chi connectivity index (χ2v) is 6.73. The summed E-state index contributed by atoms with van der Waals surface area (Å²) >= 11 is 0. The summed E-state index contributed by atoms with van der Waals surface area (Å²) in [5.41, 5.74) is 0. The van der Waals surface area contributed by atoms with Crippen molar-refractivity contribution in [2.75, 3.05) is 13.1 Å². The molecular weight excluding hydrogens is 202 g/mol. The van der Waals surface area contributed by atoms with Crippen LogP contribution in [0, 0.1) is 5.92 Å². The van der Waals surface area contributed by atoms with Gasteiger partial charge in [-0.25, -0.2) is 12.7 Å². The molecule has 0 aromatic rings. The lowest BCUT2D eigenvalue weighted by molar-refractivity contribution is 0.133. The SMILES string of the molecule is CC(O)C1CCN(S(=O)(=O)C(C)C)C1. The van der Waals surface area contributed by atoms with Gasteiger partial charge < -0.3 is 5.11 Å². The predicted molar refractivity (Wildman–Crippen MR) is 55.4 cm³/mol. The standard InChI is InChI=1S/C9H19NO3S/c1-7(2)14(12,13)10-5-4-9(6-10)8(3)11/h7-9,11H,4-6H2,1-3H3. The van der Waals surface area contributed by atoms with Gasteiger partial charge >= 0.3 is 0 Å². The number of nitrogens with zero attached hydrogens (tertiary/aromatic N) is 1. The number of aliphatic hydroxyl groups is 1. The molecular formula is C9H19NO3S. The van der Waals surface area contributed by atoms with Crippen molar-refractivity contribution in [2.45, 2.75) is 38.5 Å². The molecule has 2 atom stereocenters. The zero-order valence-electron chi connectivity index (χ0n) is 8.97. The predicted octanol–water partition coefficient (Wildman–Crippen LogP) is 0.427. The number of sulfonamides is 1. The third kappa shape index (κ3) is 2.27. The van der Waals surface area contributed by atoms with Gasteiger partial charge in [0.05, 0.1) is 11.4 Å². The van der Waals surface area contributed by atoms with E-state index in [4.69, 9.17) is 0 Å². The van der Waals surface area contributed by atoms with Crippen molar-refractivity contribution in [3.63, 3.8) is 0 Å². The quantitative estimate of drug-likeness (QED) is 0.752. The van der Waals surface area contributed by atoms with Crippen LogP contribution in [-0.4, -0.2) is 42.3 Å². The largest absolute Gasteiger partial charge is 0.393 e. The summed E-state index contributed by atoms with van der Waals surface area (Å²) in [7, 11) is -3.12. The summed E-state index contributed by atoms with van der Waals surface area (Å²) < 4.78 is 25.0. The molecule has 1 rings (SSSR count). The summed E-state index contributed by atoms with van der Waals surface area (Å²) in [6.07, 6.45) is 0.353. The van der Waals surface area contributed by atoms with E-state index in [-0.39, 0.29) is 11.2 Å². The Balaban J connectivity index is 2.67. The molecule has 1 aliphatic rings. The molecule has 84 valence electrons. The van der Waals surface area contributed by atoms with Crippen molar-refractivity contribution in [3.05, 3.63) is 0 Å². The molecule has 1 fully saturated rings. The van der Waals surface area contributed by atoms with E-state index in [0.29, 0.717) is 13.1 Å². The van der Waals surface area contributed by atoms with Crippen molar-refractivity contribution in [3.8, 4) is 0 Å². The van der Waals surface area contributed by atoms with E-state index in [2.05, 4.69) is 0 Å². The van der Waals surface area contributed by atoms with Gasteiger partial charge in [-0.15, -0.1) is 0 Å². The fourth-order valence-electron chi connectivity index (χ4n) is 1.68. The highest BCUT2D eigenvalue weighted by atomic mass is 32.2. The highest BCUT2D eigenvalue weighted by molar-refractivity contribution is 7.89. The van der Waals surface area contributed by atoms with Crippen molar-refractivity contribution in [2.24, 2.45) is 5.92 Å². The van der Waals surface area contributed by atoms with Gasteiger partial charge in [-0.2, -0.15) is 0 Å². The van der Waals surface area contributed by atoms with Gasteiger partial charge in [-0.1, -0.05) is 0 Å². The van der Waals surface area contributed by atoms with E-state index in [1.165, 1.54) is 4.31 Å². The summed E-state index contributed by atoms with van der Waals surface area (Å²) in [5.74, 6) is 0.100. The highest BCUT2D eigenvalue weighted by Gasteiger charge is 2.34. The van der Waals surface area contributed by atoms with E-state index < -0.39 is 16.1 Å². The zero-order chi connectivity index (χ0) is 10.9. The molecule has 0 radical (unpaired) electrons. The third-order valence-corrected chi connectivity index (χ3v) is 5.07. The van der Waals surface area contributed by atoms with Gasteiger partial charge in [0.2, 0.25) is 10.0 Å². The maximum atomic E-state index is 11.7. The fraction of sp³-hybridized carbons (Fsp3) is 1.00. The smallest absolute Gasteiger partial charge is 0.216 e. The normalized spacial score (nSPS) is 27.1. The number of hydrogen-bond acceptors (Lipinski definition) is 3. The second kappa shape index (κ2) is 4.16. The van der Waals surface area contributed by atoms with Crippen LogP contribution < -0.4 is 0 Å². The molecule has 1 saturated heterocycles. The zero-order valence-corrected chi connectivity index (χ0v) is 9.79. The average Bonchev–Trinajstić information content (AvgIpc) is 2.51. The van der Waals surface area contributed by atoms with Crippen LogP contribution in [-0.2, 0) is 10.0 Å². The van der Waals surface area contributed by atoms with Gasteiger partial charge in [0.15, 0.2) is 0 Å². The van der Waals surface area contributed by atoms with Crippen LogP contribution in [0.25, 0.3) is 0 Å². The molecule has 0 spiro atoms. The molecule has 5 heteroatoms. The molecule has 1 N–H and O–H groups in total. The van der Waals surface area contributed by atoms with Crippen LogP contribution >= 0.6 is 0 Å². The monoisotopic (exact) mass is 221 g/mol. The highest BCUT2D eigenvalue weighted by Crippen LogP contribution is 2.23. The van der Waals surface area contributed by atoms with Crippen LogP contribution in [0.2, 0.25) is 0 Å². The van der Waals surface area contributed by atoms with Crippen molar-refractivity contribution >= 4 is 10.0 Å². The van der Waals surface area contributed by atoms with Gasteiger partial charge in [0, 0.05) is 13.1 Å². The summed E-state index contributed by atoms with van der Waals surface area (Å²) in [4.78, 5) is 0. The Morgan fingerprint density at radius 2 is 1.93 bits per heavy atom. The van der Waals surface area contributed by atoms with E-state index in [9.17, 15) is 13.5 Å². The third-order valence-electron chi connectivity index (χ3n) is 2.83. The minimum atomic E-state index is -3.12. The lowest BCUT2D eigenvalue weighted by Gasteiger charge is -2.19. The van der Waals surface area contributed by atoms with Crippen molar-refractivity contribution in [1.82, 2.24) is 4.31 Å². The Morgan fingerprint density at radius 3 is 2.29 bits per heavy atom. The molecule has 0 saturated carbocycles. The molecule has 1 heterocycles. The lowest BCUT2D eigenvalue weighted by atomic mass is 10.0. The van der Waals surface area contributed by atoms with Crippen molar-refractivity contribution < 1.29 is 13.5 Å². The lowest BCUT2D eigenvalue weighted by Crippen LogP contribution is -2.35. The van der Waals surface area contributed by atoms with Crippen LogP contribution in [0.4, 0.5) is 0 Å². The number of rotatable bonds is 3. The topological polar surface area (TPSA) is 57.6 Å². The van der Waals surface area contributed by atoms with Gasteiger partial charge in [-0.05, 0) is 33.1 Å². The Hall–Kier alpha value is -0.130. The molecule has 0 aromatic carbocycles. The van der Waals surface area contributed by atoms with Crippen molar-refractivity contribution in [1.29, 1.82) is 0 Å². The Kier molecular flexibility index (Phi) is 3.55. The van der Waals surface area contributed by atoms with Crippen LogP contribution in [0.5, 0.6) is 0 Å². The molecule has 0 bridgehead atoms. The van der Waals surface area contributed by atoms with E-state index in [1.54, 1.807) is 20.8 Å². The van der Waals surface area contributed by atoms with Crippen LogP contribution in [0.3, 0.4) is 0 Å². The van der Waals surface area contributed by atoms with E-state index >= 15 is 0 Å². The first kappa shape index (κ1) is 11.9. The van der Waals surface area contributed by atoms with Gasteiger partial charge in [0.25, 0.3) is 0 Å². The molecule has 0 aromatic heterocycles. The average molecular weight is 221 g/mol. The molecule has 0 aliphatic carbocycles. The van der Waals surface area contributed by atoms with Crippen LogP contribution in [0.15, 0.2) is 0 Å². The minimum absolute atomic E-state index is 0.100. The Bertz CT molecular complexity index is 284. The molecule has 4 nitrogen and oxygen atoms in total.